The standard InChI is InChI=1S/C27H32F2N8/c1-16(2)25-17(3)31-26-20(28)12-19(15-37(25)26)24-21(29)13-30-27(34-24)33-23-7-6-18-14-36(11-10-35(4)5)9-8-22(18)32-23/h6-7,12-13,15-16H,8-11,14H2,1-5H3,(H,30,32,33,34). The van der Waals surface area contributed by atoms with Crippen molar-refractivity contribution in [1.29, 1.82) is 0 Å². The minimum absolute atomic E-state index is 0.00820. The number of halogens is 2. The number of imidazole rings is 1. The fraction of sp³-hybridized carbons (Fsp3) is 0.407. The lowest BCUT2D eigenvalue weighted by molar-refractivity contribution is 0.224. The summed E-state index contributed by atoms with van der Waals surface area (Å²) >= 11 is 0. The molecule has 0 fully saturated rings. The molecule has 0 bridgehead atoms. The minimum Gasteiger partial charge on any atom is -0.309 e. The minimum atomic E-state index is -0.636. The summed E-state index contributed by atoms with van der Waals surface area (Å²) in [5.74, 6) is -0.266. The quantitative estimate of drug-likeness (QED) is 0.394. The summed E-state index contributed by atoms with van der Waals surface area (Å²) in [6.45, 7) is 9.73. The van der Waals surface area contributed by atoms with Crippen molar-refractivity contribution in [3.8, 4) is 11.3 Å². The highest BCUT2D eigenvalue weighted by Gasteiger charge is 2.20. The van der Waals surface area contributed by atoms with Gasteiger partial charge in [0, 0.05) is 55.7 Å². The lowest BCUT2D eigenvalue weighted by Gasteiger charge is -2.29. The summed E-state index contributed by atoms with van der Waals surface area (Å²) in [7, 11) is 4.16. The zero-order valence-electron chi connectivity index (χ0n) is 21.9. The second-order valence-electron chi connectivity index (χ2n) is 10.2. The molecule has 5 heterocycles. The Morgan fingerprint density at radius 1 is 1.11 bits per heavy atom. The molecule has 0 saturated carbocycles. The first kappa shape index (κ1) is 25.2. The van der Waals surface area contributed by atoms with E-state index in [1.165, 1.54) is 11.6 Å². The van der Waals surface area contributed by atoms with Crippen LogP contribution in [0, 0.1) is 18.6 Å². The summed E-state index contributed by atoms with van der Waals surface area (Å²) < 4.78 is 31.5. The molecule has 0 aliphatic carbocycles. The van der Waals surface area contributed by atoms with Gasteiger partial charge in [-0.2, -0.15) is 0 Å². The molecule has 0 saturated heterocycles. The Labute approximate surface area is 215 Å². The highest BCUT2D eigenvalue weighted by Crippen LogP contribution is 2.29. The smallest absolute Gasteiger partial charge is 0.229 e. The Morgan fingerprint density at radius 3 is 2.68 bits per heavy atom. The van der Waals surface area contributed by atoms with E-state index in [1.54, 1.807) is 10.6 Å². The number of pyridine rings is 2. The fourth-order valence-corrected chi connectivity index (χ4v) is 4.88. The van der Waals surface area contributed by atoms with Gasteiger partial charge in [0.2, 0.25) is 5.95 Å². The zero-order valence-corrected chi connectivity index (χ0v) is 21.9. The van der Waals surface area contributed by atoms with Crippen molar-refractivity contribution in [3.05, 3.63) is 64.9 Å². The molecule has 4 aromatic heterocycles. The van der Waals surface area contributed by atoms with Crippen LogP contribution in [-0.2, 0) is 13.0 Å². The van der Waals surface area contributed by atoms with Crippen LogP contribution in [0.2, 0.25) is 0 Å². The second kappa shape index (κ2) is 10.1. The first-order chi connectivity index (χ1) is 17.7. The van der Waals surface area contributed by atoms with Crippen LogP contribution in [0.5, 0.6) is 0 Å². The average Bonchev–Trinajstić information content (AvgIpc) is 3.20. The van der Waals surface area contributed by atoms with Crippen molar-refractivity contribution in [2.75, 3.05) is 39.0 Å². The van der Waals surface area contributed by atoms with Gasteiger partial charge in [-0.05, 0) is 44.6 Å². The lowest BCUT2D eigenvalue weighted by atomic mass is 10.1. The molecule has 1 N–H and O–H groups in total. The molecule has 5 rings (SSSR count). The Bertz CT molecular complexity index is 1450. The molecule has 0 radical (unpaired) electrons. The molecule has 0 unspecified atom stereocenters. The van der Waals surface area contributed by atoms with Crippen LogP contribution in [0.25, 0.3) is 16.9 Å². The number of nitrogens with one attached hydrogen (secondary N) is 1. The van der Waals surface area contributed by atoms with Gasteiger partial charge in [0.05, 0.1) is 11.9 Å². The molecule has 0 atom stereocenters. The van der Waals surface area contributed by atoms with Crippen LogP contribution >= 0.6 is 0 Å². The predicted octanol–water partition coefficient (Wildman–Crippen LogP) is 4.56. The van der Waals surface area contributed by atoms with Gasteiger partial charge in [0.15, 0.2) is 17.3 Å². The summed E-state index contributed by atoms with van der Waals surface area (Å²) in [5.41, 5.74) is 4.40. The molecular weight excluding hydrogens is 474 g/mol. The van der Waals surface area contributed by atoms with E-state index in [0.29, 0.717) is 11.4 Å². The molecule has 4 aromatic rings. The van der Waals surface area contributed by atoms with E-state index in [1.807, 2.05) is 26.8 Å². The first-order valence-corrected chi connectivity index (χ1v) is 12.5. The molecule has 0 aromatic carbocycles. The van der Waals surface area contributed by atoms with Crippen molar-refractivity contribution < 1.29 is 8.78 Å². The average molecular weight is 507 g/mol. The molecule has 8 nitrogen and oxygen atoms in total. The Kier molecular flexibility index (Phi) is 6.87. The Balaban J connectivity index is 1.41. The van der Waals surface area contributed by atoms with Gasteiger partial charge in [0.1, 0.15) is 11.5 Å². The third-order valence-corrected chi connectivity index (χ3v) is 6.69. The van der Waals surface area contributed by atoms with Crippen molar-refractivity contribution in [3.63, 3.8) is 0 Å². The third kappa shape index (κ3) is 5.17. The van der Waals surface area contributed by atoms with E-state index in [4.69, 9.17) is 4.98 Å². The topological polar surface area (TPSA) is 74.5 Å². The zero-order chi connectivity index (χ0) is 26.3. The lowest BCUT2D eigenvalue weighted by Crippen LogP contribution is -2.36. The van der Waals surface area contributed by atoms with Crippen molar-refractivity contribution in [1.82, 2.24) is 34.1 Å². The van der Waals surface area contributed by atoms with Crippen molar-refractivity contribution in [2.45, 2.75) is 39.7 Å². The number of anilines is 2. The number of aryl methyl sites for hydroxylation is 1. The van der Waals surface area contributed by atoms with Crippen molar-refractivity contribution in [2.24, 2.45) is 0 Å². The maximum atomic E-state index is 15.0. The van der Waals surface area contributed by atoms with Crippen LogP contribution in [0.1, 0.15) is 42.4 Å². The maximum absolute atomic E-state index is 15.0. The maximum Gasteiger partial charge on any atom is 0.229 e. The normalized spacial score (nSPS) is 14.1. The highest BCUT2D eigenvalue weighted by molar-refractivity contribution is 5.64. The van der Waals surface area contributed by atoms with Crippen LogP contribution in [0.4, 0.5) is 20.5 Å². The van der Waals surface area contributed by atoms with Gasteiger partial charge in [-0.25, -0.2) is 28.7 Å². The predicted molar refractivity (Wildman–Crippen MR) is 140 cm³/mol. The van der Waals surface area contributed by atoms with Gasteiger partial charge in [-0.3, -0.25) is 4.90 Å². The SMILES string of the molecule is Cc1nc2c(F)cc(-c3nc(Nc4ccc5c(n4)CCN(CCN(C)C)C5)ncc3F)cn2c1C(C)C. The number of nitrogens with zero attached hydrogens (tertiary/aromatic N) is 7. The van der Waals surface area contributed by atoms with Crippen molar-refractivity contribution >= 4 is 17.4 Å². The van der Waals surface area contributed by atoms with Gasteiger partial charge in [-0.15, -0.1) is 0 Å². The van der Waals surface area contributed by atoms with E-state index in [9.17, 15) is 8.78 Å². The van der Waals surface area contributed by atoms with Crippen LogP contribution in [-0.4, -0.2) is 67.9 Å². The van der Waals surface area contributed by atoms with Gasteiger partial charge in [0.25, 0.3) is 0 Å². The summed E-state index contributed by atoms with van der Waals surface area (Å²) in [6, 6.07) is 5.21. The van der Waals surface area contributed by atoms with Crippen LogP contribution in [0.3, 0.4) is 0 Å². The Morgan fingerprint density at radius 2 is 1.92 bits per heavy atom. The second-order valence-corrected chi connectivity index (χ2v) is 10.2. The molecule has 1 aliphatic rings. The summed E-state index contributed by atoms with van der Waals surface area (Å²) in [4.78, 5) is 22.2. The number of hydrogen-bond donors (Lipinski definition) is 1. The van der Waals surface area contributed by atoms with Crippen LogP contribution in [0.15, 0.2) is 30.6 Å². The fourth-order valence-electron chi connectivity index (χ4n) is 4.88. The summed E-state index contributed by atoms with van der Waals surface area (Å²) in [5, 5.41) is 3.10. The van der Waals surface area contributed by atoms with Gasteiger partial charge >= 0.3 is 0 Å². The monoisotopic (exact) mass is 506 g/mol. The van der Waals surface area contributed by atoms with E-state index in [2.05, 4.69) is 50.2 Å². The van der Waals surface area contributed by atoms with E-state index < -0.39 is 11.6 Å². The number of fused-ring (bicyclic) bond motifs is 2. The number of hydrogen-bond acceptors (Lipinski definition) is 7. The van der Waals surface area contributed by atoms with E-state index >= 15 is 0 Å². The molecule has 37 heavy (non-hydrogen) atoms. The number of likely N-dealkylation sites (N-methyl/N-ethyl adjacent to an activating group) is 1. The number of rotatable bonds is 7. The molecule has 1 aliphatic heterocycles. The van der Waals surface area contributed by atoms with Gasteiger partial charge < -0.3 is 14.6 Å². The van der Waals surface area contributed by atoms with Gasteiger partial charge in [-0.1, -0.05) is 19.9 Å². The van der Waals surface area contributed by atoms with Crippen LogP contribution < -0.4 is 5.32 Å². The first-order valence-electron chi connectivity index (χ1n) is 12.5. The summed E-state index contributed by atoms with van der Waals surface area (Å²) in [6.07, 6.45) is 3.63. The molecule has 0 spiro atoms. The number of aromatic nitrogens is 5. The highest BCUT2D eigenvalue weighted by atomic mass is 19.1. The molecular formula is C27H32F2N8. The van der Waals surface area contributed by atoms with E-state index in [0.717, 1.165) is 55.9 Å². The van der Waals surface area contributed by atoms with E-state index in [-0.39, 0.29) is 23.2 Å². The Hall–Kier alpha value is -3.50. The third-order valence-electron chi connectivity index (χ3n) is 6.69. The molecule has 194 valence electrons. The molecule has 10 heteroatoms. The molecule has 0 amide bonds. The largest absolute Gasteiger partial charge is 0.309 e.